The van der Waals surface area contributed by atoms with Crippen LogP contribution in [0.25, 0.3) is 11.4 Å². The monoisotopic (exact) mass is 550 g/mol. The molecule has 2 N–H and O–H groups in total. The summed E-state index contributed by atoms with van der Waals surface area (Å²) < 4.78 is 7.80. The Bertz CT molecular complexity index is 1110. The Hall–Kier alpha value is -2.76. The maximum Gasteiger partial charge on any atom is 0.316 e. The van der Waals surface area contributed by atoms with E-state index in [1.165, 1.54) is 5.56 Å². The number of carbonyl (C=O) groups excluding carboxylic acids is 2. The fourth-order valence-corrected chi connectivity index (χ4v) is 3.41. The van der Waals surface area contributed by atoms with Crippen LogP contribution in [0.15, 0.2) is 28.8 Å². The van der Waals surface area contributed by atoms with Gasteiger partial charge in [0.2, 0.25) is 11.7 Å². The van der Waals surface area contributed by atoms with Crippen molar-refractivity contribution >= 4 is 34.4 Å². The van der Waals surface area contributed by atoms with E-state index in [0.29, 0.717) is 5.82 Å². The van der Waals surface area contributed by atoms with E-state index in [0.717, 1.165) is 20.5 Å². The molecule has 9 nitrogen and oxygen atoms in total. The Labute approximate surface area is 200 Å². The first kappa shape index (κ1) is 23.9. The summed E-state index contributed by atoms with van der Waals surface area (Å²) in [5.41, 5.74) is 3.86. The van der Waals surface area contributed by atoms with Crippen molar-refractivity contribution in [3.63, 3.8) is 0 Å². The Morgan fingerprint density at radius 3 is 2.34 bits per heavy atom. The largest absolute Gasteiger partial charge is 0.353 e. The van der Waals surface area contributed by atoms with Crippen LogP contribution in [0.1, 0.15) is 48.4 Å². The van der Waals surface area contributed by atoms with Gasteiger partial charge in [-0.3, -0.25) is 14.3 Å². The van der Waals surface area contributed by atoms with E-state index < -0.39 is 5.91 Å². The summed E-state index contributed by atoms with van der Waals surface area (Å²) >= 11 is 2.21. The normalized spacial score (nSPS) is 11.4. The molecule has 170 valence electrons. The highest BCUT2D eigenvalue weighted by atomic mass is 127. The second kappa shape index (κ2) is 9.80. The number of rotatable bonds is 7. The minimum absolute atomic E-state index is 0.0466. The van der Waals surface area contributed by atoms with Crippen molar-refractivity contribution in [1.82, 2.24) is 30.6 Å². The Morgan fingerprint density at radius 1 is 1.09 bits per heavy atom. The van der Waals surface area contributed by atoms with E-state index in [4.69, 9.17) is 4.52 Å². The van der Waals surface area contributed by atoms with Crippen LogP contribution in [0.3, 0.4) is 0 Å². The second-order valence-electron chi connectivity index (χ2n) is 8.50. The van der Waals surface area contributed by atoms with Gasteiger partial charge in [-0.1, -0.05) is 50.2 Å². The van der Waals surface area contributed by atoms with E-state index in [-0.39, 0.29) is 36.8 Å². The molecule has 2 amide bonds. The lowest BCUT2D eigenvalue weighted by Gasteiger charge is -2.18. The van der Waals surface area contributed by atoms with Crippen molar-refractivity contribution in [2.75, 3.05) is 13.1 Å². The zero-order chi connectivity index (χ0) is 23.5. The Kier molecular flexibility index (Phi) is 7.32. The molecule has 0 saturated carbocycles. The molecule has 0 fully saturated rings. The van der Waals surface area contributed by atoms with Crippen molar-refractivity contribution < 1.29 is 14.1 Å². The lowest BCUT2D eigenvalue weighted by Crippen LogP contribution is -2.36. The number of hydrogen-bond donors (Lipinski definition) is 2. The first-order valence-electron chi connectivity index (χ1n) is 10.3. The zero-order valence-electron chi connectivity index (χ0n) is 18.8. The van der Waals surface area contributed by atoms with Crippen LogP contribution in [0, 0.1) is 17.4 Å². The molecule has 10 heteroatoms. The third kappa shape index (κ3) is 5.72. The van der Waals surface area contributed by atoms with Crippen molar-refractivity contribution in [2.24, 2.45) is 0 Å². The summed E-state index contributed by atoms with van der Waals surface area (Å²) in [5, 5.41) is 13.7. The number of carbonyl (C=O) groups is 2. The van der Waals surface area contributed by atoms with E-state index in [9.17, 15) is 9.59 Å². The van der Waals surface area contributed by atoms with Crippen LogP contribution in [-0.4, -0.2) is 44.8 Å². The van der Waals surface area contributed by atoms with E-state index in [1.54, 1.807) is 4.68 Å². The number of hydrogen-bond acceptors (Lipinski definition) is 6. The SMILES string of the molecule is Cc1nn(CC(=O)NCCNC(=O)c2nc(-c3ccc(C(C)(C)C)cc3)no2)c(C)c1I. The predicted molar refractivity (Wildman–Crippen MR) is 128 cm³/mol. The lowest BCUT2D eigenvalue weighted by molar-refractivity contribution is -0.121. The first-order valence-corrected chi connectivity index (χ1v) is 11.3. The summed E-state index contributed by atoms with van der Waals surface area (Å²) in [6.45, 7) is 10.9. The lowest BCUT2D eigenvalue weighted by atomic mass is 9.87. The van der Waals surface area contributed by atoms with Gasteiger partial charge in [-0.05, 0) is 47.4 Å². The van der Waals surface area contributed by atoms with Gasteiger partial charge in [0.05, 0.1) is 9.26 Å². The number of nitrogens with one attached hydrogen (secondary N) is 2. The van der Waals surface area contributed by atoms with Gasteiger partial charge in [0.25, 0.3) is 0 Å². The first-order chi connectivity index (χ1) is 15.1. The number of halogens is 1. The smallest absolute Gasteiger partial charge is 0.316 e. The molecule has 2 aromatic heterocycles. The number of aryl methyl sites for hydroxylation is 1. The zero-order valence-corrected chi connectivity index (χ0v) is 21.0. The Morgan fingerprint density at radius 2 is 1.75 bits per heavy atom. The molecule has 0 saturated heterocycles. The fraction of sp³-hybridized carbons (Fsp3) is 0.409. The van der Waals surface area contributed by atoms with Crippen LogP contribution >= 0.6 is 22.6 Å². The summed E-state index contributed by atoms with van der Waals surface area (Å²) in [6, 6.07) is 7.85. The van der Waals surface area contributed by atoms with Gasteiger partial charge in [0.1, 0.15) is 6.54 Å². The Balaban J connectivity index is 1.47. The quantitative estimate of drug-likeness (QED) is 0.346. The molecule has 3 rings (SSSR count). The summed E-state index contributed by atoms with van der Waals surface area (Å²) in [4.78, 5) is 28.6. The van der Waals surface area contributed by atoms with Crippen LogP contribution in [0.5, 0.6) is 0 Å². The van der Waals surface area contributed by atoms with Gasteiger partial charge in [0.15, 0.2) is 0 Å². The molecule has 0 aliphatic carbocycles. The second-order valence-corrected chi connectivity index (χ2v) is 9.58. The standard InChI is InChI=1S/C22H27IN6O3/c1-13-18(23)14(2)29(27-13)12-17(30)24-10-11-25-20(31)21-26-19(28-32-21)15-6-8-16(9-7-15)22(3,4)5/h6-9H,10-12H2,1-5H3,(H,24,30)(H,25,31). The average Bonchev–Trinajstić information content (AvgIpc) is 3.32. The molecule has 0 aliphatic rings. The maximum atomic E-state index is 12.3. The topological polar surface area (TPSA) is 115 Å². The van der Waals surface area contributed by atoms with E-state index >= 15 is 0 Å². The van der Waals surface area contributed by atoms with Crippen molar-refractivity contribution in [3.8, 4) is 11.4 Å². The minimum Gasteiger partial charge on any atom is -0.353 e. The molecule has 0 atom stereocenters. The molecule has 0 spiro atoms. The number of aromatic nitrogens is 4. The van der Waals surface area contributed by atoms with Gasteiger partial charge < -0.3 is 15.2 Å². The van der Waals surface area contributed by atoms with Gasteiger partial charge in [-0.25, -0.2) is 0 Å². The molecular weight excluding hydrogens is 523 g/mol. The van der Waals surface area contributed by atoms with Crippen molar-refractivity contribution in [1.29, 1.82) is 0 Å². The molecule has 0 unspecified atom stereocenters. The van der Waals surface area contributed by atoms with Gasteiger partial charge in [-0.2, -0.15) is 10.1 Å². The van der Waals surface area contributed by atoms with Crippen molar-refractivity contribution in [2.45, 2.75) is 46.6 Å². The highest BCUT2D eigenvalue weighted by Gasteiger charge is 2.18. The molecule has 2 heterocycles. The summed E-state index contributed by atoms with van der Waals surface area (Å²) in [7, 11) is 0. The molecule has 1 aromatic carbocycles. The third-order valence-electron chi connectivity index (χ3n) is 4.95. The molecule has 3 aromatic rings. The van der Waals surface area contributed by atoms with E-state index in [1.807, 2.05) is 38.1 Å². The van der Waals surface area contributed by atoms with Crippen LogP contribution in [0.2, 0.25) is 0 Å². The predicted octanol–water partition coefficient (Wildman–Crippen LogP) is 3.00. The molecule has 0 radical (unpaired) electrons. The van der Waals surface area contributed by atoms with Gasteiger partial charge in [0, 0.05) is 24.3 Å². The highest BCUT2D eigenvalue weighted by molar-refractivity contribution is 14.1. The van der Waals surface area contributed by atoms with Crippen LogP contribution in [-0.2, 0) is 16.8 Å². The molecule has 32 heavy (non-hydrogen) atoms. The molecular formula is C22H27IN6O3. The average molecular weight is 550 g/mol. The van der Waals surface area contributed by atoms with Crippen LogP contribution in [0.4, 0.5) is 0 Å². The fourth-order valence-electron chi connectivity index (χ4n) is 3.03. The number of nitrogens with zero attached hydrogens (tertiary/aromatic N) is 4. The van der Waals surface area contributed by atoms with Crippen LogP contribution < -0.4 is 10.6 Å². The van der Waals surface area contributed by atoms with Gasteiger partial charge >= 0.3 is 11.8 Å². The van der Waals surface area contributed by atoms with E-state index in [2.05, 4.69) is 69.2 Å². The third-order valence-corrected chi connectivity index (χ3v) is 6.51. The molecule has 0 bridgehead atoms. The summed E-state index contributed by atoms with van der Waals surface area (Å²) in [6.07, 6.45) is 0. The summed E-state index contributed by atoms with van der Waals surface area (Å²) in [5.74, 6) is -0.440. The maximum absolute atomic E-state index is 12.3. The van der Waals surface area contributed by atoms with Gasteiger partial charge in [-0.15, -0.1) is 0 Å². The number of benzene rings is 1. The minimum atomic E-state index is -0.489. The van der Waals surface area contributed by atoms with Crippen molar-refractivity contribution in [3.05, 3.63) is 50.7 Å². The molecule has 0 aliphatic heterocycles. The number of amides is 2. The highest BCUT2D eigenvalue weighted by Crippen LogP contribution is 2.25.